The molecule has 2 amide bonds. The lowest BCUT2D eigenvalue weighted by molar-refractivity contribution is -0.125. The Kier molecular flexibility index (Phi) is 4.08. The van der Waals surface area contributed by atoms with E-state index >= 15 is 0 Å². The molecule has 74 valence electrons. The van der Waals surface area contributed by atoms with Crippen LogP contribution in [0.4, 0.5) is 0 Å². The molecule has 2 N–H and O–H groups in total. The Hall–Kier alpha value is -0.710. The van der Waals surface area contributed by atoms with Crippen LogP contribution in [0.2, 0.25) is 0 Å². The van der Waals surface area contributed by atoms with Crippen LogP contribution in [-0.4, -0.2) is 29.5 Å². The second kappa shape index (κ2) is 5.11. The molecule has 1 aliphatic rings. The molecule has 1 unspecified atom stereocenters. The molecule has 0 spiro atoms. The second-order valence-electron chi connectivity index (χ2n) is 2.89. The molecule has 0 bridgehead atoms. The first-order chi connectivity index (χ1) is 6.24. The summed E-state index contributed by atoms with van der Waals surface area (Å²) in [5.41, 5.74) is 0. The Morgan fingerprint density at radius 1 is 1.77 bits per heavy atom. The third kappa shape index (κ3) is 3.26. The van der Waals surface area contributed by atoms with Crippen LogP contribution >= 0.6 is 11.8 Å². The van der Waals surface area contributed by atoms with E-state index in [1.54, 1.807) is 0 Å². The number of hydrogen-bond donors (Lipinski definition) is 2. The van der Waals surface area contributed by atoms with Crippen molar-refractivity contribution in [3.05, 3.63) is 0 Å². The Bertz CT molecular complexity index is 208. The van der Waals surface area contributed by atoms with Gasteiger partial charge in [0.1, 0.15) is 0 Å². The van der Waals surface area contributed by atoms with Crippen LogP contribution in [0.15, 0.2) is 0 Å². The number of carbonyl (C=O) groups excluding carboxylic acids is 2. The molecule has 0 aromatic carbocycles. The second-order valence-corrected chi connectivity index (χ2v) is 4.09. The fraction of sp³-hybridized carbons (Fsp3) is 0.750. The van der Waals surface area contributed by atoms with Crippen molar-refractivity contribution >= 4 is 23.6 Å². The molecular weight excluding hydrogens is 188 g/mol. The summed E-state index contributed by atoms with van der Waals surface area (Å²) in [4.78, 5) is 22.3. The largest absolute Gasteiger partial charge is 0.356 e. The van der Waals surface area contributed by atoms with Gasteiger partial charge < -0.3 is 10.6 Å². The van der Waals surface area contributed by atoms with Crippen LogP contribution in [0, 0.1) is 0 Å². The zero-order chi connectivity index (χ0) is 9.68. The van der Waals surface area contributed by atoms with Crippen LogP contribution in [0.25, 0.3) is 0 Å². The van der Waals surface area contributed by atoms with Crippen LogP contribution in [0.3, 0.4) is 0 Å². The molecule has 0 aliphatic carbocycles. The van der Waals surface area contributed by atoms with E-state index in [2.05, 4.69) is 10.6 Å². The van der Waals surface area contributed by atoms with Gasteiger partial charge in [-0.3, -0.25) is 9.59 Å². The average Bonchev–Trinajstić information content (AvgIpc) is 2.48. The molecule has 0 aromatic heterocycles. The van der Waals surface area contributed by atoms with Crippen molar-refractivity contribution in [2.75, 3.05) is 12.4 Å². The van der Waals surface area contributed by atoms with Gasteiger partial charge in [-0.15, -0.1) is 11.8 Å². The molecule has 1 fully saturated rings. The summed E-state index contributed by atoms with van der Waals surface area (Å²) in [6.45, 7) is 2.69. The molecule has 13 heavy (non-hydrogen) atoms. The quantitative estimate of drug-likeness (QED) is 0.679. The third-order valence-corrected chi connectivity index (χ3v) is 2.86. The van der Waals surface area contributed by atoms with Gasteiger partial charge in [0.05, 0.1) is 11.1 Å². The fourth-order valence-electron chi connectivity index (χ4n) is 1.06. The van der Waals surface area contributed by atoms with E-state index in [-0.39, 0.29) is 17.1 Å². The zero-order valence-electron chi connectivity index (χ0n) is 7.63. The van der Waals surface area contributed by atoms with Crippen molar-refractivity contribution < 1.29 is 9.59 Å². The van der Waals surface area contributed by atoms with Gasteiger partial charge in [0.15, 0.2) is 0 Å². The smallest absolute Gasteiger partial charge is 0.234 e. The highest BCUT2D eigenvalue weighted by atomic mass is 32.2. The number of rotatable bonds is 4. The van der Waals surface area contributed by atoms with E-state index in [1.165, 1.54) is 11.8 Å². The first kappa shape index (κ1) is 10.4. The molecule has 1 rings (SSSR count). The molecule has 0 aromatic rings. The Morgan fingerprint density at radius 3 is 3.08 bits per heavy atom. The zero-order valence-corrected chi connectivity index (χ0v) is 8.45. The first-order valence-electron chi connectivity index (χ1n) is 4.40. The van der Waals surface area contributed by atoms with Crippen LogP contribution < -0.4 is 10.6 Å². The minimum Gasteiger partial charge on any atom is -0.356 e. The summed E-state index contributed by atoms with van der Waals surface area (Å²) in [6, 6.07) is 0. The van der Waals surface area contributed by atoms with Crippen molar-refractivity contribution in [3.8, 4) is 0 Å². The lowest BCUT2D eigenvalue weighted by atomic mass is 10.2. The Morgan fingerprint density at radius 2 is 2.54 bits per heavy atom. The molecule has 1 saturated heterocycles. The van der Waals surface area contributed by atoms with Crippen LogP contribution in [0.5, 0.6) is 0 Å². The van der Waals surface area contributed by atoms with Gasteiger partial charge >= 0.3 is 0 Å². The van der Waals surface area contributed by atoms with E-state index in [1.807, 2.05) is 6.92 Å². The SMILES string of the molecule is CCCNC(=O)CC1SCNC1=O. The summed E-state index contributed by atoms with van der Waals surface area (Å²) in [7, 11) is 0. The average molecular weight is 202 g/mol. The minimum atomic E-state index is -0.183. The van der Waals surface area contributed by atoms with Crippen LogP contribution in [0.1, 0.15) is 19.8 Å². The molecule has 1 aliphatic heterocycles. The number of thioether (sulfide) groups is 1. The fourth-order valence-corrected chi connectivity index (χ4v) is 1.99. The number of nitrogens with one attached hydrogen (secondary N) is 2. The van der Waals surface area contributed by atoms with Crippen molar-refractivity contribution in [1.82, 2.24) is 10.6 Å². The molecule has 0 radical (unpaired) electrons. The summed E-state index contributed by atoms with van der Waals surface area (Å²) in [5.74, 6) is 0.581. The topological polar surface area (TPSA) is 58.2 Å². The highest BCUT2D eigenvalue weighted by Gasteiger charge is 2.26. The van der Waals surface area contributed by atoms with Gasteiger partial charge in [0.2, 0.25) is 11.8 Å². The maximum atomic E-state index is 11.2. The van der Waals surface area contributed by atoms with Gasteiger partial charge in [-0.2, -0.15) is 0 Å². The Labute approximate surface area is 81.8 Å². The monoisotopic (exact) mass is 202 g/mol. The van der Waals surface area contributed by atoms with E-state index in [0.717, 1.165) is 6.42 Å². The normalized spacial score (nSPS) is 21.3. The lowest BCUT2D eigenvalue weighted by Crippen LogP contribution is -2.31. The number of carbonyl (C=O) groups is 2. The highest BCUT2D eigenvalue weighted by molar-refractivity contribution is 8.01. The van der Waals surface area contributed by atoms with Gasteiger partial charge in [-0.05, 0) is 6.42 Å². The highest BCUT2D eigenvalue weighted by Crippen LogP contribution is 2.18. The standard InChI is InChI=1S/C8H14N2O2S/c1-2-3-9-7(11)4-6-8(12)10-5-13-6/h6H,2-5H2,1H3,(H,9,11)(H,10,12). The van der Waals surface area contributed by atoms with E-state index in [4.69, 9.17) is 0 Å². The van der Waals surface area contributed by atoms with Gasteiger partial charge in [0, 0.05) is 13.0 Å². The van der Waals surface area contributed by atoms with E-state index in [0.29, 0.717) is 18.8 Å². The van der Waals surface area contributed by atoms with Crippen molar-refractivity contribution in [3.63, 3.8) is 0 Å². The summed E-state index contributed by atoms with van der Waals surface area (Å²) in [5, 5.41) is 5.24. The molecule has 4 nitrogen and oxygen atoms in total. The Balaban J connectivity index is 2.23. The number of amides is 2. The predicted octanol–water partition coefficient (Wildman–Crippen LogP) is 0.0918. The maximum absolute atomic E-state index is 11.2. The van der Waals surface area contributed by atoms with Gasteiger partial charge in [-0.1, -0.05) is 6.92 Å². The van der Waals surface area contributed by atoms with E-state index in [9.17, 15) is 9.59 Å². The van der Waals surface area contributed by atoms with Crippen LogP contribution in [-0.2, 0) is 9.59 Å². The molecular formula is C8H14N2O2S. The number of hydrogen-bond acceptors (Lipinski definition) is 3. The minimum absolute atomic E-state index is 0.0170. The summed E-state index contributed by atoms with van der Waals surface area (Å²) < 4.78 is 0. The van der Waals surface area contributed by atoms with Gasteiger partial charge in [-0.25, -0.2) is 0 Å². The van der Waals surface area contributed by atoms with Gasteiger partial charge in [0.25, 0.3) is 0 Å². The molecule has 1 heterocycles. The summed E-state index contributed by atoms with van der Waals surface area (Å²) in [6.07, 6.45) is 1.23. The van der Waals surface area contributed by atoms with Crippen molar-refractivity contribution in [1.29, 1.82) is 0 Å². The van der Waals surface area contributed by atoms with Crippen molar-refractivity contribution in [2.24, 2.45) is 0 Å². The predicted molar refractivity (Wildman–Crippen MR) is 52.3 cm³/mol. The molecule has 0 saturated carbocycles. The lowest BCUT2D eigenvalue weighted by Gasteiger charge is -2.06. The molecule has 1 atom stereocenters. The van der Waals surface area contributed by atoms with E-state index < -0.39 is 0 Å². The summed E-state index contributed by atoms with van der Waals surface area (Å²) >= 11 is 1.49. The third-order valence-electron chi connectivity index (χ3n) is 1.77. The maximum Gasteiger partial charge on any atom is 0.234 e. The first-order valence-corrected chi connectivity index (χ1v) is 5.45. The van der Waals surface area contributed by atoms with Crippen molar-refractivity contribution in [2.45, 2.75) is 25.0 Å². The molecule has 5 heteroatoms.